The van der Waals surface area contributed by atoms with Gasteiger partial charge in [-0.3, -0.25) is 9.69 Å². The maximum atomic E-state index is 13.3. The third-order valence-corrected chi connectivity index (χ3v) is 6.88. The minimum absolute atomic E-state index is 0.0745. The van der Waals surface area contributed by atoms with Crippen LogP contribution in [0.4, 0.5) is 4.79 Å². The van der Waals surface area contributed by atoms with Crippen LogP contribution < -0.4 is 5.32 Å². The van der Waals surface area contributed by atoms with Gasteiger partial charge in [-0.25, -0.2) is 14.4 Å². The molecule has 1 aliphatic heterocycles. The fourth-order valence-electron chi connectivity index (χ4n) is 5.14. The van der Waals surface area contributed by atoms with Gasteiger partial charge in [0.2, 0.25) is 0 Å². The molecule has 176 valence electrons. The van der Waals surface area contributed by atoms with Crippen molar-refractivity contribution in [2.24, 2.45) is 0 Å². The van der Waals surface area contributed by atoms with Gasteiger partial charge < -0.3 is 5.32 Å². The van der Waals surface area contributed by atoms with E-state index in [1.807, 2.05) is 71.4 Å². The van der Waals surface area contributed by atoms with Crippen LogP contribution in [0, 0.1) is 0 Å². The predicted molar refractivity (Wildman–Crippen MR) is 131 cm³/mol. The molecule has 2 aromatic carbocycles. The molecule has 0 radical (unpaired) electrons. The number of hydrogen-bond donors (Lipinski definition) is 1. The number of carbonyl (C=O) groups is 2. The fraction of sp³-hybridized carbons (Fsp3) is 0.370. The molecule has 1 aliphatic carbocycles. The predicted octanol–water partition coefficient (Wildman–Crippen LogP) is 4.57. The average Bonchev–Trinajstić information content (AvgIpc) is 3.25. The summed E-state index contributed by atoms with van der Waals surface area (Å²) in [5, 5.41) is 7.91. The van der Waals surface area contributed by atoms with Crippen LogP contribution in [0.15, 0.2) is 66.9 Å². The Morgan fingerprint density at radius 2 is 1.59 bits per heavy atom. The third kappa shape index (κ3) is 4.35. The Bertz CT molecular complexity index is 1150. The van der Waals surface area contributed by atoms with Crippen LogP contribution >= 0.6 is 0 Å². The molecule has 1 saturated carbocycles. The maximum Gasteiger partial charge on any atom is 0.326 e. The molecule has 7 heteroatoms. The molecule has 0 atom stereocenters. The molecule has 7 nitrogen and oxygen atoms in total. The zero-order valence-electron chi connectivity index (χ0n) is 19.6. The summed E-state index contributed by atoms with van der Waals surface area (Å²) in [5.41, 5.74) is 3.25. The molecule has 5 rings (SSSR count). The first-order chi connectivity index (χ1) is 16.6. The molecule has 2 aliphatic rings. The second-order valence-electron chi connectivity index (χ2n) is 9.46. The number of nitrogens with zero attached hydrogens (tertiary/aromatic N) is 4. The van der Waals surface area contributed by atoms with E-state index >= 15 is 0 Å². The van der Waals surface area contributed by atoms with Crippen LogP contribution in [0.5, 0.6) is 0 Å². The van der Waals surface area contributed by atoms with E-state index in [0.717, 1.165) is 61.0 Å². The lowest BCUT2D eigenvalue weighted by atomic mass is 9.90. The largest absolute Gasteiger partial charge is 0.326 e. The van der Waals surface area contributed by atoms with Gasteiger partial charge in [0.05, 0.1) is 18.1 Å². The van der Waals surface area contributed by atoms with Crippen LogP contribution in [-0.2, 0) is 11.3 Å². The van der Waals surface area contributed by atoms with Crippen molar-refractivity contribution < 1.29 is 9.59 Å². The molecule has 3 amide bonds. The Hall–Kier alpha value is -3.45. The molecule has 1 spiro atoms. The van der Waals surface area contributed by atoms with Crippen LogP contribution in [0.1, 0.15) is 44.1 Å². The van der Waals surface area contributed by atoms with Gasteiger partial charge in [0.1, 0.15) is 5.54 Å². The monoisotopic (exact) mass is 457 g/mol. The summed E-state index contributed by atoms with van der Waals surface area (Å²) in [7, 11) is 1.94. The van der Waals surface area contributed by atoms with Crippen molar-refractivity contribution >= 4 is 11.9 Å². The van der Waals surface area contributed by atoms with E-state index in [0.29, 0.717) is 6.54 Å². The van der Waals surface area contributed by atoms with Crippen molar-refractivity contribution in [3.63, 3.8) is 0 Å². The number of aromatic nitrogens is 2. The van der Waals surface area contributed by atoms with Crippen molar-refractivity contribution in [2.45, 2.75) is 50.6 Å². The number of amides is 3. The lowest BCUT2D eigenvalue weighted by Gasteiger charge is -2.26. The van der Waals surface area contributed by atoms with Gasteiger partial charge >= 0.3 is 6.03 Å². The molecule has 3 aromatic rings. The Morgan fingerprint density at radius 1 is 0.941 bits per heavy atom. The number of nitrogens with one attached hydrogen (secondary N) is 1. The van der Waals surface area contributed by atoms with E-state index in [1.165, 1.54) is 4.90 Å². The Balaban J connectivity index is 1.37. The molecule has 1 saturated heterocycles. The lowest BCUT2D eigenvalue weighted by molar-refractivity contribution is -0.133. The average molecular weight is 458 g/mol. The van der Waals surface area contributed by atoms with Gasteiger partial charge in [-0.05, 0) is 32.0 Å². The van der Waals surface area contributed by atoms with E-state index in [4.69, 9.17) is 5.10 Å². The smallest absolute Gasteiger partial charge is 0.323 e. The highest BCUT2D eigenvalue weighted by molar-refractivity contribution is 6.07. The lowest BCUT2D eigenvalue weighted by Crippen LogP contribution is -2.47. The van der Waals surface area contributed by atoms with E-state index in [1.54, 1.807) is 0 Å². The highest BCUT2D eigenvalue weighted by atomic mass is 16.2. The highest BCUT2D eigenvalue weighted by Crippen LogP contribution is 2.33. The zero-order chi connectivity index (χ0) is 23.5. The summed E-state index contributed by atoms with van der Waals surface area (Å²) >= 11 is 0. The molecule has 0 unspecified atom stereocenters. The highest BCUT2D eigenvalue weighted by Gasteiger charge is 2.50. The summed E-state index contributed by atoms with van der Waals surface area (Å²) < 4.78 is 1.89. The van der Waals surface area contributed by atoms with E-state index < -0.39 is 5.54 Å². The van der Waals surface area contributed by atoms with Gasteiger partial charge in [-0.1, -0.05) is 74.2 Å². The van der Waals surface area contributed by atoms with Crippen molar-refractivity contribution in [1.82, 2.24) is 24.9 Å². The summed E-state index contributed by atoms with van der Waals surface area (Å²) in [6, 6.07) is 19.8. The molecular formula is C27H31N5O2. The molecule has 2 fully saturated rings. The number of rotatable bonds is 6. The van der Waals surface area contributed by atoms with Crippen LogP contribution in [-0.4, -0.2) is 50.8 Å². The van der Waals surface area contributed by atoms with Crippen molar-refractivity contribution in [3.05, 3.63) is 72.4 Å². The topological polar surface area (TPSA) is 70.5 Å². The molecule has 1 aromatic heterocycles. The van der Waals surface area contributed by atoms with Gasteiger partial charge in [-0.15, -0.1) is 0 Å². The fourth-order valence-corrected chi connectivity index (χ4v) is 5.14. The van der Waals surface area contributed by atoms with E-state index in [2.05, 4.69) is 17.4 Å². The Labute approximate surface area is 200 Å². The minimum atomic E-state index is -0.707. The van der Waals surface area contributed by atoms with Gasteiger partial charge in [-0.2, -0.15) is 5.10 Å². The number of imide groups is 1. The van der Waals surface area contributed by atoms with Gasteiger partial charge in [0, 0.05) is 23.9 Å². The number of hydrogen-bond acceptors (Lipinski definition) is 4. The molecular weight excluding hydrogens is 426 g/mol. The van der Waals surface area contributed by atoms with Crippen molar-refractivity contribution in [3.8, 4) is 16.9 Å². The summed E-state index contributed by atoms with van der Waals surface area (Å²) in [6.45, 7) is 0.804. The number of para-hydroxylation sites is 1. The first kappa shape index (κ1) is 22.3. The number of carbonyl (C=O) groups excluding carboxylic acids is 2. The van der Waals surface area contributed by atoms with Crippen molar-refractivity contribution in [2.75, 3.05) is 13.7 Å². The standard InChI is InChI=1S/C27H31N5O2/c1-30(20-31-25(33)27(28-26(31)34)16-10-2-3-11-17-27)18-22-19-32(23-14-8-5-9-15-23)29-24(22)21-12-6-4-7-13-21/h4-9,12-15,19H,2-3,10-11,16-18,20H2,1H3,(H,28,34). The molecule has 1 N–H and O–H groups in total. The number of urea groups is 1. The maximum absolute atomic E-state index is 13.3. The minimum Gasteiger partial charge on any atom is -0.323 e. The molecule has 34 heavy (non-hydrogen) atoms. The van der Waals surface area contributed by atoms with Gasteiger partial charge in [0.25, 0.3) is 5.91 Å². The van der Waals surface area contributed by atoms with Crippen LogP contribution in [0.25, 0.3) is 16.9 Å². The number of benzene rings is 2. The second-order valence-corrected chi connectivity index (χ2v) is 9.46. The summed E-state index contributed by atoms with van der Waals surface area (Å²) in [6.07, 6.45) is 7.72. The third-order valence-electron chi connectivity index (χ3n) is 6.88. The van der Waals surface area contributed by atoms with Crippen molar-refractivity contribution in [1.29, 1.82) is 0 Å². The first-order valence-corrected chi connectivity index (χ1v) is 12.1. The van der Waals surface area contributed by atoms with E-state index in [9.17, 15) is 9.59 Å². The second kappa shape index (κ2) is 9.43. The summed E-state index contributed by atoms with van der Waals surface area (Å²) in [4.78, 5) is 29.5. The van der Waals surface area contributed by atoms with Crippen LogP contribution in [0.2, 0.25) is 0 Å². The SMILES string of the molecule is CN(Cc1cn(-c2ccccc2)nc1-c1ccccc1)CN1C(=O)NC2(CCCCCC2)C1=O. The Kier molecular flexibility index (Phi) is 6.20. The normalized spacial score (nSPS) is 17.9. The quantitative estimate of drug-likeness (QED) is 0.551. The molecule has 0 bridgehead atoms. The Morgan fingerprint density at radius 3 is 2.26 bits per heavy atom. The van der Waals surface area contributed by atoms with Gasteiger partial charge in [0.15, 0.2) is 0 Å². The molecule has 2 heterocycles. The first-order valence-electron chi connectivity index (χ1n) is 12.1. The zero-order valence-corrected chi connectivity index (χ0v) is 19.6. The summed E-state index contributed by atoms with van der Waals surface area (Å²) in [5.74, 6) is -0.0745. The van der Waals surface area contributed by atoms with E-state index in [-0.39, 0.29) is 18.6 Å². The van der Waals surface area contributed by atoms with Crippen LogP contribution in [0.3, 0.4) is 0 Å².